The summed E-state index contributed by atoms with van der Waals surface area (Å²) >= 11 is 0. The summed E-state index contributed by atoms with van der Waals surface area (Å²) in [6.07, 6.45) is 3.53. The van der Waals surface area contributed by atoms with Crippen LogP contribution in [0.4, 0.5) is 11.5 Å². The van der Waals surface area contributed by atoms with Crippen LogP contribution in [0, 0.1) is 19.8 Å². The molecule has 6 heteroatoms. The summed E-state index contributed by atoms with van der Waals surface area (Å²) in [5.74, 6) is 1.69. The van der Waals surface area contributed by atoms with Crippen molar-refractivity contribution in [2.24, 2.45) is 5.92 Å². The molecule has 182 valence electrons. The Morgan fingerprint density at radius 2 is 1.74 bits per heavy atom. The predicted molar refractivity (Wildman–Crippen MR) is 139 cm³/mol. The number of aryl methyl sites for hydroxylation is 2. The molecule has 0 saturated carbocycles. The van der Waals surface area contributed by atoms with Crippen molar-refractivity contribution in [1.82, 2.24) is 4.98 Å². The third-order valence-corrected chi connectivity index (χ3v) is 6.63. The van der Waals surface area contributed by atoms with E-state index >= 15 is 0 Å². The lowest BCUT2D eigenvalue weighted by atomic mass is 9.95. The monoisotopic (exact) mass is 471 g/mol. The van der Waals surface area contributed by atoms with E-state index < -0.39 is 0 Å². The van der Waals surface area contributed by atoms with Crippen LogP contribution in [0.5, 0.6) is 5.75 Å². The summed E-state index contributed by atoms with van der Waals surface area (Å²) in [7, 11) is 0. The average Bonchev–Trinajstić information content (AvgIpc) is 2.88. The van der Waals surface area contributed by atoms with Gasteiger partial charge in [0.25, 0.3) is 0 Å². The lowest BCUT2D eigenvalue weighted by Crippen LogP contribution is -2.38. The number of pyridine rings is 1. The molecule has 0 radical (unpaired) electrons. The van der Waals surface area contributed by atoms with Crippen LogP contribution in [-0.4, -0.2) is 36.4 Å². The maximum atomic E-state index is 12.9. The molecule has 35 heavy (non-hydrogen) atoms. The fourth-order valence-electron chi connectivity index (χ4n) is 4.36. The molecule has 1 amide bonds. The lowest BCUT2D eigenvalue weighted by Gasteiger charge is -2.32. The zero-order chi connectivity index (χ0) is 24.8. The van der Waals surface area contributed by atoms with Gasteiger partial charge in [0.2, 0.25) is 5.91 Å². The van der Waals surface area contributed by atoms with Gasteiger partial charge in [-0.2, -0.15) is 0 Å². The summed E-state index contributed by atoms with van der Waals surface area (Å²) in [6.45, 7) is 8.14. The third kappa shape index (κ3) is 6.27. The number of carbonyl (C=O) groups is 2. The number of benzene rings is 2. The first kappa shape index (κ1) is 24.5. The van der Waals surface area contributed by atoms with Crippen LogP contribution in [0.3, 0.4) is 0 Å². The topological polar surface area (TPSA) is 71.5 Å². The van der Waals surface area contributed by atoms with Crippen molar-refractivity contribution in [2.45, 2.75) is 40.0 Å². The number of piperidine rings is 1. The van der Waals surface area contributed by atoms with Crippen LogP contribution in [0.2, 0.25) is 0 Å². The van der Waals surface area contributed by atoms with Crippen molar-refractivity contribution in [3.63, 3.8) is 0 Å². The molecule has 1 aromatic heterocycles. The summed E-state index contributed by atoms with van der Waals surface area (Å²) in [5.41, 5.74) is 4.83. The second-order valence-electron chi connectivity index (χ2n) is 9.13. The molecule has 1 N–H and O–H groups in total. The van der Waals surface area contributed by atoms with Crippen LogP contribution in [-0.2, 0) is 11.2 Å². The molecule has 1 aliphatic heterocycles. The molecule has 3 aromatic rings. The molecule has 0 spiro atoms. The number of hydrogen-bond donors (Lipinski definition) is 1. The fourth-order valence-corrected chi connectivity index (χ4v) is 4.36. The van der Waals surface area contributed by atoms with E-state index in [2.05, 4.69) is 22.1 Å². The van der Waals surface area contributed by atoms with Gasteiger partial charge in [0, 0.05) is 42.9 Å². The number of carbonyl (C=O) groups excluding carboxylic acids is 2. The summed E-state index contributed by atoms with van der Waals surface area (Å²) < 4.78 is 5.47. The molecular formula is C29H33N3O3. The normalized spacial score (nSPS) is 14.0. The molecule has 2 aromatic carbocycles. The van der Waals surface area contributed by atoms with Gasteiger partial charge in [-0.25, -0.2) is 4.98 Å². The number of aromatic nitrogens is 1. The van der Waals surface area contributed by atoms with Crippen molar-refractivity contribution in [1.29, 1.82) is 0 Å². The Hall–Kier alpha value is -3.67. The predicted octanol–water partition coefficient (Wildman–Crippen LogP) is 5.38. The van der Waals surface area contributed by atoms with Gasteiger partial charge in [0.05, 0.1) is 6.61 Å². The highest BCUT2D eigenvalue weighted by atomic mass is 16.5. The van der Waals surface area contributed by atoms with Gasteiger partial charge in [-0.1, -0.05) is 18.2 Å². The highest BCUT2D eigenvalue weighted by Gasteiger charge is 2.26. The van der Waals surface area contributed by atoms with Crippen LogP contribution >= 0.6 is 0 Å². The Morgan fingerprint density at radius 1 is 1.00 bits per heavy atom. The molecule has 1 aliphatic rings. The minimum atomic E-state index is -0.0302. The van der Waals surface area contributed by atoms with Gasteiger partial charge in [0.15, 0.2) is 5.78 Å². The third-order valence-electron chi connectivity index (χ3n) is 6.63. The Labute approximate surface area is 207 Å². The zero-order valence-electron chi connectivity index (χ0n) is 20.7. The van der Waals surface area contributed by atoms with E-state index in [0.717, 1.165) is 48.7 Å². The van der Waals surface area contributed by atoms with Crippen molar-refractivity contribution in [3.05, 3.63) is 83.0 Å². The smallest absolute Gasteiger partial charge is 0.227 e. The van der Waals surface area contributed by atoms with E-state index in [9.17, 15) is 9.59 Å². The molecule has 0 aliphatic carbocycles. The van der Waals surface area contributed by atoms with Crippen LogP contribution in [0.15, 0.2) is 60.8 Å². The standard InChI is InChI=1S/C29H33N3O3/c1-4-35-26-9-6-22(7-10-26)18-27(33)24-11-14-30-28(19-24)32-15-12-23(13-16-32)29(34)31-25-8-5-20(2)21(3)17-25/h5-11,14,17,19,23H,4,12-13,15-16,18H2,1-3H3,(H,31,34). The molecule has 1 fully saturated rings. The zero-order valence-corrected chi connectivity index (χ0v) is 20.7. The second kappa shape index (κ2) is 11.2. The molecule has 2 heterocycles. The van der Waals surface area contributed by atoms with Gasteiger partial charge in [-0.05, 0) is 86.7 Å². The number of hydrogen-bond acceptors (Lipinski definition) is 5. The highest BCUT2D eigenvalue weighted by molar-refractivity contribution is 5.98. The van der Waals surface area contributed by atoms with Crippen molar-refractivity contribution >= 4 is 23.2 Å². The van der Waals surface area contributed by atoms with Gasteiger partial charge in [0.1, 0.15) is 11.6 Å². The maximum absolute atomic E-state index is 12.9. The molecule has 0 unspecified atom stereocenters. The SMILES string of the molecule is CCOc1ccc(CC(=O)c2ccnc(N3CCC(C(=O)Nc4ccc(C)c(C)c4)CC3)c2)cc1. The first-order chi connectivity index (χ1) is 16.9. The van der Waals surface area contributed by atoms with Gasteiger partial charge in [-0.15, -0.1) is 0 Å². The maximum Gasteiger partial charge on any atom is 0.227 e. The minimum absolute atomic E-state index is 0.0302. The molecule has 6 nitrogen and oxygen atoms in total. The van der Waals surface area contributed by atoms with E-state index in [-0.39, 0.29) is 17.6 Å². The number of rotatable bonds is 8. The Bertz CT molecular complexity index is 1180. The largest absolute Gasteiger partial charge is 0.494 e. The number of ether oxygens (including phenoxy) is 1. The lowest BCUT2D eigenvalue weighted by molar-refractivity contribution is -0.120. The van der Waals surface area contributed by atoms with Gasteiger partial charge in [-0.3, -0.25) is 9.59 Å². The first-order valence-corrected chi connectivity index (χ1v) is 12.3. The molecule has 4 rings (SSSR count). The van der Waals surface area contributed by atoms with Crippen LogP contribution in [0.1, 0.15) is 46.8 Å². The number of Topliss-reactive ketones (excluding diaryl/α,β-unsaturated/α-hetero) is 1. The fraction of sp³-hybridized carbons (Fsp3) is 0.345. The molecule has 0 bridgehead atoms. The van der Waals surface area contributed by atoms with Crippen LogP contribution in [0.25, 0.3) is 0 Å². The Kier molecular flexibility index (Phi) is 7.80. The van der Waals surface area contributed by atoms with Crippen LogP contribution < -0.4 is 15.0 Å². The molecule has 0 atom stereocenters. The highest BCUT2D eigenvalue weighted by Crippen LogP contribution is 2.25. The second-order valence-corrected chi connectivity index (χ2v) is 9.13. The summed E-state index contributed by atoms with van der Waals surface area (Å²) in [4.78, 5) is 32.3. The van der Waals surface area contributed by atoms with Gasteiger partial charge < -0.3 is 15.0 Å². The number of nitrogens with zero attached hydrogens (tertiary/aromatic N) is 2. The van der Waals surface area contributed by atoms with E-state index in [1.807, 2.05) is 62.4 Å². The molecular weight excluding hydrogens is 438 g/mol. The van der Waals surface area contributed by atoms with Crippen molar-refractivity contribution < 1.29 is 14.3 Å². The summed E-state index contributed by atoms with van der Waals surface area (Å²) in [5, 5.41) is 3.07. The first-order valence-electron chi connectivity index (χ1n) is 12.3. The van der Waals surface area contributed by atoms with E-state index in [4.69, 9.17) is 4.74 Å². The Balaban J connectivity index is 1.33. The number of anilines is 2. The van der Waals surface area contributed by atoms with E-state index in [1.54, 1.807) is 12.3 Å². The summed E-state index contributed by atoms with van der Waals surface area (Å²) in [6, 6.07) is 17.3. The number of ketones is 1. The van der Waals surface area contributed by atoms with Crippen molar-refractivity contribution in [2.75, 3.05) is 29.9 Å². The van der Waals surface area contributed by atoms with Gasteiger partial charge >= 0.3 is 0 Å². The quantitative estimate of drug-likeness (QED) is 0.447. The minimum Gasteiger partial charge on any atom is -0.494 e. The Morgan fingerprint density at radius 3 is 2.43 bits per heavy atom. The molecule has 1 saturated heterocycles. The average molecular weight is 472 g/mol. The van der Waals surface area contributed by atoms with E-state index in [0.29, 0.717) is 18.6 Å². The van der Waals surface area contributed by atoms with Crippen molar-refractivity contribution in [3.8, 4) is 5.75 Å². The number of nitrogens with one attached hydrogen (secondary N) is 1. The number of amides is 1. The van der Waals surface area contributed by atoms with E-state index in [1.165, 1.54) is 11.1 Å².